The first kappa shape index (κ1) is 15.8. The predicted octanol–water partition coefficient (Wildman–Crippen LogP) is 7.23. The number of aromatic nitrogens is 2. The van der Waals surface area contributed by atoms with E-state index in [-0.39, 0.29) is 0 Å². The number of hydrogen-bond acceptors (Lipinski definition) is 2. The van der Waals surface area contributed by atoms with Crippen molar-refractivity contribution >= 4 is 54.6 Å². The van der Waals surface area contributed by atoms with E-state index in [1.165, 1.54) is 5.39 Å². The Balaban J connectivity index is 1.91. The molecule has 0 N–H and O–H groups in total. The van der Waals surface area contributed by atoms with Crippen LogP contribution in [0.5, 0.6) is 0 Å². The highest BCUT2D eigenvalue weighted by atomic mass is 16.3. The van der Waals surface area contributed by atoms with E-state index in [0.29, 0.717) is 0 Å². The van der Waals surface area contributed by atoms with Gasteiger partial charge in [0.2, 0.25) is 0 Å². The molecule has 140 valence electrons. The van der Waals surface area contributed by atoms with Gasteiger partial charge < -0.3 is 8.98 Å². The molecule has 3 heteroatoms. The number of nitrogens with zero attached hydrogens (tertiary/aromatic N) is 2. The first-order chi connectivity index (χ1) is 14.9. The maximum absolute atomic E-state index is 6.43. The third kappa shape index (κ3) is 1.91. The zero-order valence-corrected chi connectivity index (χ0v) is 16.0. The van der Waals surface area contributed by atoms with Crippen LogP contribution in [-0.2, 0) is 0 Å². The summed E-state index contributed by atoms with van der Waals surface area (Å²) in [5, 5.41) is 5.72. The summed E-state index contributed by atoms with van der Waals surface area (Å²) in [7, 11) is 0. The molecule has 0 fully saturated rings. The van der Waals surface area contributed by atoms with E-state index < -0.39 is 0 Å². The lowest BCUT2D eigenvalue weighted by Gasteiger charge is -2.09. The minimum absolute atomic E-state index is 0.906. The average Bonchev–Trinajstić information content (AvgIpc) is 3.36. The molecule has 7 rings (SSSR count). The highest BCUT2D eigenvalue weighted by Gasteiger charge is 2.22. The molecule has 0 saturated carbocycles. The van der Waals surface area contributed by atoms with Gasteiger partial charge >= 0.3 is 0 Å². The fourth-order valence-electron chi connectivity index (χ4n) is 4.82. The van der Waals surface area contributed by atoms with Crippen LogP contribution >= 0.6 is 0 Å². The summed E-state index contributed by atoms with van der Waals surface area (Å²) < 4.78 is 8.75. The Bertz CT molecular complexity index is 1740. The summed E-state index contributed by atoms with van der Waals surface area (Å²) in [6.45, 7) is 0. The van der Waals surface area contributed by atoms with Gasteiger partial charge in [0.1, 0.15) is 11.2 Å². The van der Waals surface area contributed by atoms with Gasteiger partial charge in [-0.1, -0.05) is 60.7 Å². The Morgan fingerprint density at radius 1 is 0.633 bits per heavy atom. The van der Waals surface area contributed by atoms with Crippen molar-refractivity contribution in [1.82, 2.24) is 9.55 Å². The molecule has 0 saturated heterocycles. The van der Waals surface area contributed by atoms with Gasteiger partial charge in [-0.3, -0.25) is 4.98 Å². The molecule has 0 radical (unpaired) electrons. The summed E-state index contributed by atoms with van der Waals surface area (Å²) in [5.74, 6) is 0. The smallest absolute Gasteiger partial charge is 0.145 e. The Labute approximate surface area is 171 Å². The first-order valence-electron chi connectivity index (χ1n) is 10.1. The number of pyridine rings is 1. The third-order valence-electron chi connectivity index (χ3n) is 6.01. The normalized spacial score (nSPS) is 12.0. The van der Waals surface area contributed by atoms with Crippen LogP contribution in [-0.4, -0.2) is 9.55 Å². The van der Waals surface area contributed by atoms with E-state index in [1.807, 2.05) is 30.5 Å². The molecule has 0 bridgehead atoms. The molecule has 30 heavy (non-hydrogen) atoms. The van der Waals surface area contributed by atoms with E-state index in [4.69, 9.17) is 9.40 Å². The number of benzene rings is 4. The molecule has 0 unspecified atom stereocenters. The Morgan fingerprint density at radius 3 is 2.23 bits per heavy atom. The van der Waals surface area contributed by atoms with Crippen LogP contribution in [0.15, 0.2) is 102 Å². The van der Waals surface area contributed by atoms with Crippen molar-refractivity contribution in [3.8, 4) is 5.69 Å². The quantitative estimate of drug-likeness (QED) is 0.299. The number of rotatable bonds is 1. The maximum atomic E-state index is 6.43. The summed E-state index contributed by atoms with van der Waals surface area (Å²) in [4.78, 5) is 4.83. The molecular formula is C27H16N2O. The number of para-hydroxylation sites is 2. The van der Waals surface area contributed by atoms with Crippen molar-refractivity contribution in [3.63, 3.8) is 0 Å². The second-order valence-corrected chi connectivity index (χ2v) is 7.61. The zero-order valence-electron chi connectivity index (χ0n) is 16.0. The van der Waals surface area contributed by atoms with E-state index in [2.05, 4.69) is 71.3 Å². The Kier molecular flexibility index (Phi) is 3.00. The standard InChI is InChI=1S/C27H16N2O/c1-2-9-17(10-3-1)29-21-14-8-16-28-25(21)23-18-11-4-5-12-19(18)27-24(26(23)29)20-13-6-7-15-22(20)30-27/h1-16H. The van der Waals surface area contributed by atoms with Crippen LogP contribution in [0.4, 0.5) is 0 Å². The van der Waals surface area contributed by atoms with Gasteiger partial charge in [-0.15, -0.1) is 0 Å². The predicted molar refractivity (Wildman–Crippen MR) is 123 cm³/mol. The topological polar surface area (TPSA) is 31.0 Å². The van der Waals surface area contributed by atoms with Crippen LogP contribution in [0.25, 0.3) is 60.3 Å². The van der Waals surface area contributed by atoms with Crippen molar-refractivity contribution in [2.45, 2.75) is 0 Å². The van der Waals surface area contributed by atoms with Gasteiger partial charge in [0, 0.05) is 28.0 Å². The van der Waals surface area contributed by atoms with Gasteiger partial charge in [0.05, 0.1) is 21.9 Å². The number of furan rings is 1. The van der Waals surface area contributed by atoms with Crippen molar-refractivity contribution in [1.29, 1.82) is 0 Å². The van der Waals surface area contributed by atoms with E-state index in [0.717, 1.165) is 54.9 Å². The largest absolute Gasteiger partial charge is 0.455 e. The highest BCUT2D eigenvalue weighted by Crippen LogP contribution is 2.44. The van der Waals surface area contributed by atoms with Crippen LogP contribution in [0.3, 0.4) is 0 Å². The number of hydrogen-bond donors (Lipinski definition) is 0. The molecule has 4 aromatic carbocycles. The molecule has 0 aliphatic carbocycles. The van der Waals surface area contributed by atoms with Crippen molar-refractivity contribution < 1.29 is 4.42 Å². The minimum Gasteiger partial charge on any atom is -0.455 e. The molecule has 3 nitrogen and oxygen atoms in total. The molecule has 0 aliphatic heterocycles. The summed E-state index contributed by atoms with van der Waals surface area (Å²) in [5.41, 5.74) is 6.21. The van der Waals surface area contributed by atoms with Gasteiger partial charge in [-0.2, -0.15) is 0 Å². The van der Waals surface area contributed by atoms with E-state index >= 15 is 0 Å². The molecule has 7 aromatic rings. The van der Waals surface area contributed by atoms with E-state index in [9.17, 15) is 0 Å². The summed E-state index contributed by atoms with van der Waals surface area (Å²) >= 11 is 0. The lowest BCUT2D eigenvalue weighted by molar-refractivity contribution is 0.673. The molecule has 0 aliphatic rings. The Morgan fingerprint density at radius 2 is 1.37 bits per heavy atom. The number of fused-ring (bicyclic) bond motifs is 10. The van der Waals surface area contributed by atoms with Crippen LogP contribution in [0, 0.1) is 0 Å². The second-order valence-electron chi connectivity index (χ2n) is 7.61. The van der Waals surface area contributed by atoms with Crippen molar-refractivity contribution in [3.05, 3.63) is 97.2 Å². The molecule has 0 amide bonds. The fourth-order valence-corrected chi connectivity index (χ4v) is 4.82. The van der Waals surface area contributed by atoms with Crippen molar-refractivity contribution in [2.24, 2.45) is 0 Å². The molecule has 0 spiro atoms. The lowest BCUT2D eigenvalue weighted by atomic mass is 10.0. The average molecular weight is 384 g/mol. The summed E-state index contributed by atoms with van der Waals surface area (Å²) in [6.07, 6.45) is 1.88. The molecule has 0 atom stereocenters. The molecular weight excluding hydrogens is 368 g/mol. The first-order valence-corrected chi connectivity index (χ1v) is 10.1. The molecule has 3 aromatic heterocycles. The summed E-state index contributed by atoms with van der Waals surface area (Å²) in [6, 6.07) is 31.4. The molecule has 3 heterocycles. The van der Waals surface area contributed by atoms with E-state index in [1.54, 1.807) is 0 Å². The minimum atomic E-state index is 0.906. The SMILES string of the molecule is c1ccc(-n2c3cccnc3c3c4ccccc4c4oc5ccccc5c4c32)cc1. The lowest BCUT2D eigenvalue weighted by Crippen LogP contribution is -1.94. The van der Waals surface area contributed by atoms with Crippen LogP contribution in [0.1, 0.15) is 0 Å². The highest BCUT2D eigenvalue weighted by molar-refractivity contribution is 6.34. The maximum Gasteiger partial charge on any atom is 0.145 e. The van der Waals surface area contributed by atoms with Crippen LogP contribution in [0.2, 0.25) is 0 Å². The third-order valence-corrected chi connectivity index (χ3v) is 6.01. The fraction of sp³-hybridized carbons (Fsp3) is 0. The second kappa shape index (κ2) is 5.71. The zero-order chi connectivity index (χ0) is 19.7. The van der Waals surface area contributed by atoms with Crippen LogP contribution < -0.4 is 0 Å². The van der Waals surface area contributed by atoms with Gasteiger partial charge in [0.15, 0.2) is 0 Å². The van der Waals surface area contributed by atoms with Crippen molar-refractivity contribution in [2.75, 3.05) is 0 Å². The van der Waals surface area contributed by atoms with Gasteiger partial charge in [-0.25, -0.2) is 0 Å². The Hall–Kier alpha value is -4.11. The van der Waals surface area contributed by atoms with Gasteiger partial charge in [0.25, 0.3) is 0 Å². The monoisotopic (exact) mass is 384 g/mol. The van der Waals surface area contributed by atoms with Gasteiger partial charge in [-0.05, 0) is 35.7 Å².